The zero-order valence-electron chi connectivity index (χ0n) is 19.5. The number of sulfonamides is 1. The van der Waals surface area contributed by atoms with E-state index in [-0.39, 0.29) is 29.2 Å². The molecule has 2 aromatic rings. The summed E-state index contributed by atoms with van der Waals surface area (Å²) in [6.45, 7) is 1.16. The van der Waals surface area contributed by atoms with Gasteiger partial charge in [0.05, 0.1) is 17.0 Å². The number of carbonyl (C=O) groups is 2. The Morgan fingerprint density at radius 3 is 2.37 bits per heavy atom. The van der Waals surface area contributed by atoms with Crippen molar-refractivity contribution in [2.45, 2.75) is 51.2 Å². The Kier molecular flexibility index (Phi) is 9.17. The van der Waals surface area contributed by atoms with Gasteiger partial charge in [0, 0.05) is 17.1 Å². The maximum Gasteiger partial charge on any atom is 0.244 e. The third-order valence-electron chi connectivity index (χ3n) is 6.01. The molecule has 1 fully saturated rings. The van der Waals surface area contributed by atoms with Crippen LogP contribution in [0, 0.1) is 5.82 Å². The zero-order valence-corrected chi connectivity index (χ0v) is 22.7. The monoisotopic (exact) mass is 587 g/mol. The van der Waals surface area contributed by atoms with Crippen molar-refractivity contribution in [3.63, 3.8) is 0 Å². The summed E-state index contributed by atoms with van der Waals surface area (Å²) in [5, 5.41) is 2.74. The molecule has 0 aromatic heterocycles. The smallest absolute Gasteiger partial charge is 0.244 e. The second kappa shape index (κ2) is 11.7. The number of hydrogen-bond donors (Lipinski definition) is 1. The highest BCUT2D eigenvalue weighted by Crippen LogP contribution is 2.25. The van der Waals surface area contributed by atoms with Gasteiger partial charge in [0.15, 0.2) is 0 Å². The van der Waals surface area contributed by atoms with E-state index in [4.69, 9.17) is 11.6 Å². The van der Waals surface area contributed by atoms with Crippen LogP contribution in [0.25, 0.3) is 0 Å². The van der Waals surface area contributed by atoms with Gasteiger partial charge in [0.25, 0.3) is 0 Å². The number of amides is 2. The molecule has 1 aliphatic rings. The van der Waals surface area contributed by atoms with E-state index in [0.717, 1.165) is 58.4 Å². The number of nitrogens with one attached hydrogen (secondary N) is 1. The molecule has 0 bridgehead atoms. The van der Waals surface area contributed by atoms with Crippen molar-refractivity contribution < 1.29 is 22.4 Å². The number of halogens is 3. The Labute approximate surface area is 218 Å². The molecule has 0 saturated heterocycles. The Hall–Kier alpha value is -2.17. The van der Waals surface area contributed by atoms with Gasteiger partial charge in [0.1, 0.15) is 18.4 Å². The first kappa shape index (κ1) is 27.4. The molecular formula is C24H28BrClFN3O4S. The van der Waals surface area contributed by atoms with Crippen LogP contribution in [-0.2, 0) is 26.2 Å². The number of hydrogen-bond acceptors (Lipinski definition) is 4. The van der Waals surface area contributed by atoms with Crippen LogP contribution in [0.3, 0.4) is 0 Å². The number of nitrogens with zero attached hydrogens (tertiary/aromatic N) is 2. The second-order valence-electron chi connectivity index (χ2n) is 8.68. The van der Waals surface area contributed by atoms with Gasteiger partial charge < -0.3 is 10.2 Å². The molecule has 1 N–H and O–H groups in total. The van der Waals surface area contributed by atoms with Crippen molar-refractivity contribution in [3.8, 4) is 0 Å². The zero-order chi connectivity index (χ0) is 25.8. The molecule has 0 spiro atoms. The van der Waals surface area contributed by atoms with Gasteiger partial charge in [-0.3, -0.25) is 13.9 Å². The van der Waals surface area contributed by atoms with Crippen molar-refractivity contribution in [2.24, 2.45) is 0 Å². The highest BCUT2D eigenvalue weighted by Gasteiger charge is 2.31. The third-order valence-corrected chi connectivity index (χ3v) is 7.96. The molecule has 2 aromatic carbocycles. The predicted molar refractivity (Wildman–Crippen MR) is 138 cm³/mol. The summed E-state index contributed by atoms with van der Waals surface area (Å²) in [7, 11) is -3.92. The first-order valence-electron chi connectivity index (χ1n) is 11.2. The van der Waals surface area contributed by atoms with E-state index in [0.29, 0.717) is 0 Å². The van der Waals surface area contributed by atoms with Gasteiger partial charge in [-0.2, -0.15) is 0 Å². The van der Waals surface area contributed by atoms with E-state index in [9.17, 15) is 22.4 Å². The lowest BCUT2D eigenvalue weighted by molar-refractivity contribution is -0.139. The normalized spacial score (nSPS) is 15.0. The minimum Gasteiger partial charge on any atom is -0.352 e. The summed E-state index contributed by atoms with van der Waals surface area (Å²) in [5.74, 6) is -1.57. The van der Waals surface area contributed by atoms with Crippen LogP contribution in [0.2, 0.25) is 5.02 Å². The Morgan fingerprint density at radius 2 is 1.80 bits per heavy atom. The summed E-state index contributed by atoms with van der Waals surface area (Å²) in [6, 6.07) is 9.95. The Balaban J connectivity index is 1.88. The highest BCUT2D eigenvalue weighted by molar-refractivity contribution is 9.10. The third kappa shape index (κ3) is 7.41. The molecule has 0 aliphatic heterocycles. The second-order valence-corrected chi connectivity index (χ2v) is 11.9. The van der Waals surface area contributed by atoms with E-state index in [1.54, 1.807) is 6.92 Å². The van der Waals surface area contributed by atoms with Crippen molar-refractivity contribution in [3.05, 3.63) is 63.3 Å². The standard InChI is InChI=1S/C24H28BrClFN3O4S/c1-16(24(32)28-19-5-3-4-6-19)29(14-17-7-9-18(25)10-8-17)23(31)15-30(35(2,33)34)20-11-12-22(27)21(26)13-20/h7-13,16,19H,3-6,14-15H2,1-2H3,(H,28,32)/t16-/m1/s1. The van der Waals surface area contributed by atoms with Gasteiger partial charge >= 0.3 is 0 Å². The molecule has 1 atom stereocenters. The molecule has 0 heterocycles. The van der Waals surface area contributed by atoms with Crippen LogP contribution in [0.5, 0.6) is 0 Å². The molecule has 190 valence electrons. The Morgan fingerprint density at radius 1 is 1.17 bits per heavy atom. The van der Waals surface area contributed by atoms with Crippen molar-refractivity contribution >= 4 is 55.1 Å². The summed E-state index contributed by atoms with van der Waals surface area (Å²) >= 11 is 9.23. The van der Waals surface area contributed by atoms with E-state index in [1.807, 2.05) is 24.3 Å². The van der Waals surface area contributed by atoms with Crippen LogP contribution in [0.4, 0.5) is 10.1 Å². The fraction of sp³-hybridized carbons (Fsp3) is 0.417. The van der Waals surface area contributed by atoms with Gasteiger partial charge in [-0.25, -0.2) is 12.8 Å². The number of rotatable bonds is 9. The lowest BCUT2D eigenvalue weighted by Crippen LogP contribution is -2.52. The first-order chi connectivity index (χ1) is 16.5. The van der Waals surface area contributed by atoms with Crippen LogP contribution in [0.1, 0.15) is 38.2 Å². The minimum atomic E-state index is -3.92. The van der Waals surface area contributed by atoms with Crippen LogP contribution in [-0.4, -0.2) is 50.0 Å². The molecule has 1 aliphatic carbocycles. The van der Waals surface area contributed by atoms with Crippen molar-refractivity contribution in [1.82, 2.24) is 10.2 Å². The molecule has 3 rings (SSSR count). The average molecular weight is 589 g/mol. The molecule has 0 radical (unpaired) electrons. The molecule has 11 heteroatoms. The average Bonchev–Trinajstić information content (AvgIpc) is 3.30. The molecule has 1 saturated carbocycles. The first-order valence-corrected chi connectivity index (χ1v) is 14.2. The summed E-state index contributed by atoms with van der Waals surface area (Å²) in [5.41, 5.74) is 0.830. The lowest BCUT2D eigenvalue weighted by atomic mass is 10.1. The molecule has 2 amide bonds. The predicted octanol–water partition coefficient (Wildman–Crippen LogP) is 4.48. The lowest BCUT2D eigenvalue weighted by Gasteiger charge is -2.32. The Bertz CT molecular complexity index is 1170. The number of benzene rings is 2. The highest BCUT2D eigenvalue weighted by atomic mass is 79.9. The molecule has 0 unspecified atom stereocenters. The maximum absolute atomic E-state index is 13.7. The van der Waals surface area contributed by atoms with Crippen LogP contribution in [0.15, 0.2) is 46.9 Å². The molecule has 7 nitrogen and oxygen atoms in total. The number of carbonyl (C=O) groups excluding carboxylic acids is 2. The molecule has 35 heavy (non-hydrogen) atoms. The van der Waals surface area contributed by atoms with Crippen molar-refractivity contribution in [2.75, 3.05) is 17.1 Å². The molecular weight excluding hydrogens is 561 g/mol. The van der Waals surface area contributed by atoms with Gasteiger partial charge in [-0.15, -0.1) is 0 Å². The number of anilines is 1. The largest absolute Gasteiger partial charge is 0.352 e. The van der Waals surface area contributed by atoms with E-state index < -0.39 is 34.3 Å². The van der Waals surface area contributed by atoms with Gasteiger partial charge in [-0.1, -0.05) is 52.5 Å². The van der Waals surface area contributed by atoms with Gasteiger partial charge in [0.2, 0.25) is 21.8 Å². The topological polar surface area (TPSA) is 86.8 Å². The minimum absolute atomic E-state index is 0.0545. The summed E-state index contributed by atoms with van der Waals surface area (Å²) in [6.07, 6.45) is 4.83. The fourth-order valence-corrected chi connectivity index (χ4v) is 5.30. The summed E-state index contributed by atoms with van der Waals surface area (Å²) < 4.78 is 40.5. The van der Waals surface area contributed by atoms with E-state index >= 15 is 0 Å². The fourth-order valence-electron chi connectivity index (χ4n) is 4.01. The van der Waals surface area contributed by atoms with E-state index in [2.05, 4.69) is 21.2 Å². The van der Waals surface area contributed by atoms with Crippen LogP contribution < -0.4 is 9.62 Å². The van der Waals surface area contributed by atoms with E-state index in [1.165, 1.54) is 11.0 Å². The van der Waals surface area contributed by atoms with Crippen LogP contribution >= 0.6 is 27.5 Å². The quantitative estimate of drug-likeness (QED) is 0.468. The van der Waals surface area contributed by atoms with Crippen molar-refractivity contribution in [1.29, 1.82) is 0 Å². The van der Waals surface area contributed by atoms with Gasteiger partial charge in [-0.05, 0) is 55.7 Å². The SMILES string of the molecule is C[C@H](C(=O)NC1CCCC1)N(Cc1ccc(Br)cc1)C(=O)CN(c1ccc(F)c(Cl)c1)S(C)(=O)=O. The maximum atomic E-state index is 13.7. The summed E-state index contributed by atoms with van der Waals surface area (Å²) in [4.78, 5) is 27.9.